The van der Waals surface area contributed by atoms with Crippen LogP contribution >= 0.6 is 7.82 Å². The molecular formula is C12H23O6P. The topological polar surface area (TPSA) is 93.1 Å². The number of phosphoric ester groups is 1. The lowest BCUT2D eigenvalue weighted by Gasteiger charge is -2.32. The molecule has 0 aliphatic carbocycles. The number of rotatable bonds is 9. The smallest absolute Gasteiger partial charge is 0.459 e. The summed E-state index contributed by atoms with van der Waals surface area (Å²) in [5, 5.41) is 0. The largest absolute Gasteiger partial charge is 0.470 e. The molecule has 0 saturated heterocycles. The molecule has 0 rings (SSSR count). The Hall–Kier alpha value is -0.680. The molecule has 0 spiro atoms. The number of ether oxygens (including phenoxy) is 1. The Bertz CT molecular complexity index is 353. The van der Waals surface area contributed by atoms with Crippen molar-refractivity contribution in [1.29, 1.82) is 0 Å². The van der Waals surface area contributed by atoms with E-state index in [1.807, 2.05) is 13.8 Å². The van der Waals surface area contributed by atoms with Crippen molar-refractivity contribution >= 4 is 13.8 Å². The van der Waals surface area contributed by atoms with Crippen LogP contribution in [0.25, 0.3) is 0 Å². The van der Waals surface area contributed by atoms with E-state index in [1.165, 1.54) is 6.92 Å². The van der Waals surface area contributed by atoms with Crippen LogP contribution in [0.15, 0.2) is 12.2 Å². The average Bonchev–Trinajstić information content (AvgIpc) is 2.24. The van der Waals surface area contributed by atoms with E-state index >= 15 is 0 Å². The van der Waals surface area contributed by atoms with Gasteiger partial charge in [0.2, 0.25) is 0 Å². The van der Waals surface area contributed by atoms with Gasteiger partial charge >= 0.3 is 13.8 Å². The van der Waals surface area contributed by atoms with Gasteiger partial charge in [0, 0.05) is 5.57 Å². The van der Waals surface area contributed by atoms with Crippen LogP contribution in [0.1, 0.15) is 46.5 Å². The standard InChI is InChI=1S/C12H23O6P/c1-5-7-12(8-6-2,18-19(14,15)16)9-17-11(13)10(3)4/h3,5-9H2,1-2,4H3,(H2,14,15,16). The molecule has 2 N–H and O–H groups in total. The van der Waals surface area contributed by atoms with Crippen LogP contribution in [0.2, 0.25) is 0 Å². The van der Waals surface area contributed by atoms with Gasteiger partial charge in [0.1, 0.15) is 12.2 Å². The fourth-order valence-corrected chi connectivity index (χ4v) is 2.61. The molecule has 0 aromatic heterocycles. The Morgan fingerprint density at radius 1 is 1.26 bits per heavy atom. The molecular weight excluding hydrogens is 271 g/mol. The van der Waals surface area contributed by atoms with Crippen molar-refractivity contribution in [2.75, 3.05) is 6.61 Å². The second-order valence-electron chi connectivity index (χ2n) is 4.62. The molecule has 0 aromatic carbocycles. The Morgan fingerprint density at radius 3 is 2.05 bits per heavy atom. The first kappa shape index (κ1) is 18.3. The van der Waals surface area contributed by atoms with E-state index in [1.54, 1.807) is 0 Å². The van der Waals surface area contributed by atoms with E-state index in [0.29, 0.717) is 25.7 Å². The van der Waals surface area contributed by atoms with Crippen molar-refractivity contribution in [2.45, 2.75) is 52.1 Å². The minimum atomic E-state index is -4.64. The summed E-state index contributed by atoms with van der Waals surface area (Å²) >= 11 is 0. The molecule has 0 unspecified atom stereocenters. The highest BCUT2D eigenvalue weighted by atomic mass is 31.2. The first-order valence-corrected chi connectivity index (χ1v) is 7.77. The van der Waals surface area contributed by atoms with Crippen molar-refractivity contribution in [3.63, 3.8) is 0 Å². The van der Waals surface area contributed by atoms with Crippen molar-refractivity contribution < 1.29 is 28.4 Å². The molecule has 0 atom stereocenters. The number of carbonyl (C=O) groups excluding carboxylic acids is 1. The summed E-state index contributed by atoms with van der Waals surface area (Å²) in [6.45, 7) is 8.51. The van der Waals surface area contributed by atoms with E-state index in [2.05, 4.69) is 6.58 Å². The van der Waals surface area contributed by atoms with Crippen molar-refractivity contribution in [2.24, 2.45) is 0 Å². The number of esters is 1. The van der Waals surface area contributed by atoms with Crippen molar-refractivity contribution in [1.82, 2.24) is 0 Å². The molecule has 112 valence electrons. The third kappa shape index (κ3) is 7.47. The number of hydrogen-bond donors (Lipinski definition) is 2. The van der Waals surface area contributed by atoms with Gasteiger partial charge in [0.05, 0.1) is 0 Å². The summed E-state index contributed by atoms with van der Waals surface area (Å²) in [5.74, 6) is -0.592. The maximum atomic E-state index is 11.4. The van der Waals surface area contributed by atoms with Gasteiger partial charge in [-0.05, 0) is 19.8 Å². The number of hydrogen-bond acceptors (Lipinski definition) is 4. The zero-order valence-electron chi connectivity index (χ0n) is 11.7. The van der Waals surface area contributed by atoms with Gasteiger partial charge < -0.3 is 14.5 Å². The predicted molar refractivity (Wildman–Crippen MR) is 71.4 cm³/mol. The average molecular weight is 294 g/mol. The van der Waals surface area contributed by atoms with Gasteiger partial charge in [-0.3, -0.25) is 4.52 Å². The van der Waals surface area contributed by atoms with E-state index in [0.717, 1.165) is 0 Å². The molecule has 0 saturated carbocycles. The second kappa shape index (κ2) is 7.80. The van der Waals surface area contributed by atoms with Gasteiger partial charge in [-0.25, -0.2) is 9.36 Å². The van der Waals surface area contributed by atoms with Crippen molar-refractivity contribution in [3.8, 4) is 0 Å². The lowest BCUT2D eigenvalue weighted by molar-refractivity contribution is -0.147. The van der Waals surface area contributed by atoms with Gasteiger partial charge in [0.25, 0.3) is 0 Å². The highest BCUT2D eigenvalue weighted by molar-refractivity contribution is 7.46. The summed E-state index contributed by atoms with van der Waals surface area (Å²) in [7, 11) is -4.64. The second-order valence-corrected chi connectivity index (χ2v) is 5.79. The van der Waals surface area contributed by atoms with Crippen LogP contribution in [0, 0.1) is 0 Å². The van der Waals surface area contributed by atoms with E-state index in [-0.39, 0.29) is 12.2 Å². The third-order valence-corrected chi connectivity index (χ3v) is 3.16. The first-order chi connectivity index (χ1) is 8.66. The highest BCUT2D eigenvalue weighted by Crippen LogP contribution is 2.45. The zero-order chi connectivity index (χ0) is 15.1. The fourth-order valence-electron chi connectivity index (χ4n) is 1.87. The lowest BCUT2D eigenvalue weighted by atomic mass is 9.94. The molecule has 0 heterocycles. The monoisotopic (exact) mass is 294 g/mol. The molecule has 0 aromatic rings. The summed E-state index contributed by atoms with van der Waals surface area (Å²) in [6, 6.07) is 0. The fraction of sp³-hybridized carbons (Fsp3) is 0.750. The Balaban J connectivity index is 4.94. The SMILES string of the molecule is C=C(C)C(=O)OCC(CCC)(CCC)OP(=O)(O)O. The summed E-state index contributed by atoms with van der Waals surface area (Å²) in [5.41, 5.74) is -0.911. The van der Waals surface area contributed by atoms with Gasteiger partial charge in [0.15, 0.2) is 0 Å². The minimum Gasteiger partial charge on any atom is -0.459 e. The molecule has 0 aliphatic heterocycles. The Kier molecular flexibility index (Phi) is 7.52. The van der Waals surface area contributed by atoms with Crippen LogP contribution in [0.3, 0.4) is 0 Å². The van der Waals surface area contributed by atoms with Crippen molar-refractivity contribution in [3.05, 3.63) is 12.2 Å². The summed E-state index contributed by atoms with van der Waals surface area (Å²) < 4.78 is 21.0. The van der Waals surface area contributed by atoms with Crippen LogP contribution in [0.5, 0.6) is 0 Å². The highest BCUT2D eigenvalue weighted by Gasteiger charge is 2.38. The maximum Gasteiger partial charge on any atom is 0.470 e. The third-order valence-electron chi connectivity index (χ3n) is 2.54. The molecule has 0 radical (unpaired) electrons. The zero-order valence-corrected chi connectivity index (χ0v) is 12.6. The molecule has 7 heteroatoms. The van der Waals surface area contributed by atoms with Crippen LogP contribution in [-0.4, -0.2) is 28.0 Å². The van der Waals surface area contributed by atoms with E-state index in [9.17, 15) is 9.36 Å². The Morgan fingerprint density at radius 2 is 1.74 bits per heavy atom. The number of carbonyl (C=O) groups is 1. The quantitative estimate of drug-likeness (QED) is 0.385. The summed E-state index contributed by atoms with van der Waals surface area (Å²) in [4.78, 5) is 29.4. The number of phosphoric acid groups is 1. The van der Waals surface area contributed by atoms with Gasteiger partial charge in [-0.15, -0.1) is 0 Å². The normalized spacial score (nSPS) is 12.3. The first-order valence-electron chi connectivity index (χ1n) is 6.24. The lowest BCUT2D eigenvalue weighted by Crippen LogP contribution is -2.38. The molecule has 19 heavy (non-hydrogen) atoms. The summed E-state index contributed by atoms with van der Waals surface area (Å²) in [6.07, 6.45) is 2.11. The molecule has 6 nitrogen and oxygen atoms in total. The van der Waals surface area contributed by atoms with Gasteiger partial charge in [-0.2, -0.15) is 0 Å². The maximum absolute atomic E-state index is 11.4. The molecule has 0 amide bonds. The van der Waals surface area contributed by atoms with Crippen LogP contribution in [0.4, 0.5) is 0 Å². The van der Waals surface area contributed by atoms with Crippen LogP contribution < -0.4 is 0 Å². The van der Waals surface area contributed by atoms with Gasteiger partial charge in [-0.1, -0.05) is 33.3 Å². The predicted octanol–water partition coefficient (Wildman–Crippen LogP) is 2.55. The van der Waals surface area contributed by atoms with E-state index in [4.69, 9.17) is 19.0 Å². The molecule has 0 fully saturated rings. The van der Waals surface area contributed by atoms with Crippen LogP contribution in [-0.2, 0) is 18.6 Å². The minimum absolute atomic E-state index is 0.189. The molecule has 0 aliphatic rings. The molecule has 0 bridgehead atoms. The Labute approximate surface area is 114 Å². The van der Waals surface area contributed by atoms with E-state index < -0.39 is 19.4 Å².